The number of hydrogen-bond acceptors (Lipinski definition) is 5. The number of methoxy groups -OCH3 is 1. The number of halogens is 1. The molecule has 1 aromatic carbocycles. The van der Waals surface area contributed by atoms with E-state index in [0.29, 0.717) is 21.5 Å². The number of aromatic nitrogens is 2. The number of rotatable bonds is 8. The molecule has 0 saturated carbocycles. The molecule has 3 N–H and O–H groups in total. The summed E-state index contributed by atoms with van der Waals surface area (Å²) in [4.78, 5) is 26.4. The number of carbonyl (C=O) groups is 2. The molecule has 10 heteroatoms. The molecule has 2 unspecified atom stereocenters. The van der Waals surface area contributed by atoms with Gasteiger partial charge in [-0.1, -0.05) is 51.1 Å². The number of amides is 2. The molecule has 0 fully saturated rings. The normalized spacial score (nSPS) is 13.2. The number of thiophene rings is 1. The summed E-state index contributed by atoms with van der Waals surface area (Å²) in [5.74, 6) is 0.0917. The Morgan fingerprint density at radius 2 is 1.88 bits per heavy atom. The van der Waals surface area contributed by atoms with E-state index in [4.69, 9.17) is 4.74 Å². The molecule has 0 radical (unpaired) electrons. The molecule has 0 saturated heterocycles. The Morgan fingerprint density at radius 3 is 2.41 bits per heavy atom. The topological polar surface area (TPSA) is 105 Å². The van der Waals surface area contributed by atoms with Crippen LogP contribution in [0.25, 0.3) is 10.6 Å². The third kappa shape index (κ3) is 5.79. The van der Waals surface area contributed by atoms with Crippen molar-refractivity contribution in [3.05, 3.63) is 57.5 Å². The summed E-state index contributed by atoms with van der Waals surface area (Å²) < 4.78 is 7.97. The van der Waals surface area contributed by atoms with Crippen LogP contribution in [0.3, 0.4) is 0 Å². The number of ether oxygens (including phenoxy) is 1. The molecule has 2 atom stereocenters. The SMILES string of the molecule is COc1c(C(=O)NC(Cc2ccccc2)C(NC(=O)O)C(C)(C)C)sc(-c2ccnn2C)c1Br. The Balaban J connectivity index is 1.99. The Morgan fingerprint density at radius 1 is 1.21 bits per heavy atom. The van der Waals surface area contributed by atoms with E-state index in [2.05, 4.69) is 31.7 Å². The van der Waals surface area contributed by atoms with E-state index in [1.165, 1.54) is 18.4 Å². The molecule has 34 heavy (non-hydrogen) atoms. The Kier molecular flexibility index (Phi) is 8.04. The van der Waals surface area contributed by atoms with E-state index >= 15 is 0 Å². The minimum absolute atomic E-state index is 0.335. The van der Waals surface area contributed by atoms with Crippen molar-refractivity contribution in [2.24, 2.45) is 12.5 Å². The number of carbonyl (C=O) groups excluding carboxylic acids is 1. The highest BCUT2D eigenvalue weighted by molar-refractivity contribution is 9.10. The monoisotopic (exact) mass is 548 g/mol. The van der Waals surface area contributed by atoms with Gasteiger partial charge in [-0.15, -0.1) is 11.3 Å². The van der Waals surface area contributed by atoms with Crippen LogP contribution in [0, 0.1) is 5.41 Å². The van der Waals surface area contributed by atoms with Crippen molar-refractivity contribution in [2.75, 3.05) is 7.11 Å². The molecule has 0 aliphatic carbocycles. The molecule has 0 aliphatic heterocycles. The lowest BCUT2D eigenvalue weighted by Crippen LogP contribution is -2.58. The molecular weight excluding hydrogens is 520 g/mol. The first-order valence-electron chi connectivity index (χ1n) is 10.7. The van der Waals surface area contributed by atoms with Gasteiger partial charge in [0, 0.05) is 13.2 Å². The predicted molar refractivity (Wildman–Crippen MR) is 137 cm³/mol. The zero-order valence-electron chi connectivity index (χ0n) is 19.8. The third-order valence-electron chi connectivity index (χ3n) is 5.50. The number of hydrogen-bond donors (Lipinski definition) is 3. The summed E-state index contributed by atoms with van der Waals surface area (Å²) in [5, 5.41) is 19.4. The fraction of sp³-hybridized carbons (Fsp3) is 0.375. The van der Waals surface area contributed by atoms with Crippen LogP contribution in [0.5, 0.6) is 5.75 Å². The van der Waals surface area contributed by atoms with E-state index in [1.807, 2.05) is 64.2 Å². The van der Waals surface area contributed by atoms with Crippen LogP contribution in [0.4, 0.5) is 4.79 Å². The zero-order valence-corrected chi connectivity index (χ0v) is 22.2. The van der Waals surface area contributed by atoms with Crippen molar-refractivity contribution in [1.82, 2.24) is 20.4 Å². The van der Waals surface area contributed by atoms with Gasteiger partial charge in [0.1, 0.15) is 4.88 Å². The van der Waals surface area contributed by atoms with Crippen LogP contribution in [0.1, 0.15) is 36.0 Å². The summed E-state index contributed by atoms with van der Waals surface area (Å²) >= 11 is 4.86. The second-order valence-corrected chi connectivity index (χ2v) is 10.8. The molecule has 2 aromatic heterocycles. The quantitative estimate of drug-likeness (QED) is 0.369. The fourth-order valence-corrected chi connectivity index (χ4v) is 5.96. The van der Waals surface area contributed by atoms with Crippen molar-refractivity contribution in [3.63, 3.8) is 0 Å². The molecule has 2 heterocycles. The largest absolute Gasteiger partial charge is 0.494 e. The van der Waals surface area contributed by atoms with Crippen LogP contribution in [0.15, 0.2) is 47.1 Å². The van der Waals surface area contributed by atoms with Gasteiger partial charge in [0.15, 0.2) is 5.75 Å². The third-order valence-corrected chi connectivity index (χ3v) is 7.71. The second-order valence-electron chi connectivity index (χ2n) is 9.01. The highest BCUT2D eigenvalue weighted by atomic mass is 79.9. The van der Waals surface area contributed by atoms with Crippen LogP contribution in [-0.2, 0) is 13.5 Å². The van der Waals surface area contributed by atoms with Gasteiger partial charge in [-0.25, -0.2) is 4.79 Å². The molecule has 8 nitrogen and oxygen atoms in total. The van der Waals surface area contributed by atoms with Gasteiger partial charge in [-0.2, -0.15) is 5.10 Å². The smallest absolute Gasteiger partial charge is 0.404 e. The maximum atomic E-state index is 13.6. The van der Waals surface area contributed by atoms with E-state index < -0.39 is 23.6 Å². The molecule has 0 bridgehead atoms. The lowest BCUT2D eigenvalue weighted by molar-refractivity contribution is 0.0902. The van der Waals surface area contributed by atoms with Gasteiger partial charge in [0.05, 0.1) is 34.2 Å². The summed E-state index contributed by atoms with van der Waals surface area (Å²) in [6.45, 7) is 5.84. The highest BCUT2D eigenvalue weighted by Gasteiger charge is 2.36. The van der Waals surface area contributed by atoms with Crippen molar-refractivity contribution in [2.45, 2.75) is 39.3 Å². The summed E-state index contributed by atoms with van der Waals surface area (Å²) in [6.07, 6.45) is 1.01. The first kappa shape index (κ1) is 25.8. The molecule has 0 aliphatic rings. The summed E-state index contributed by atoms with van der Waals surface area (Å²) in [6, 6.07) is 10.5. The van der Waals surface area contributed by atoms with E-state index in [-0.39, 0.29) is 5.91 Å². The van der Waals surface area contributed by atoms with Crippen LogP contribution in [-0.4, -0.2) is 46.1 Å². The van der Waals surface area contributed by atoms with Gasteiger partial charge >= 0.3 is 6.09 Å². The number of aryl methyl sites for hydroxylation is 1. The number of nitrogens with zero attached hydrogens (tertiary/aromatic N) is 2. The maximum Gasteiger partial charge on any atom is 0.404 e. The first-order valence-corrected chi connectivity index (χ1v) is 12.3. The van der Waals surface area contributed by atoms with E-state index in [0.717, 1.165) is 16.1 Å². The minimum Gasteiger partial charge on any atom is -0.494 e. The Hall–Kier alpha value is -2.85. The van der Waals surface area contributed by atoms with Crippen molar-refractivity contribution >= 4 is 39.3 Å². The lowest BCUT2D eigenvalue weighted by atomic mass is 9.80. The fourth-order valence-electron chi connectivity index (χ4n) is 3.90. The number of carboxylic acid groups (broad SMARTS) is 1. The lowest BCUT2D eigenvalue weighted by Gasteiger charge is -2.37. The van der Waals surface area contributed by atoms with E-state index in [9.17, 15) is 14.7 Å². The standard InChI is InChI=1S/C24H29BrN4O4S/c1-24(2,3)21(28-23(31)32)15(13-14-9-7-6-8-10-14)27-22(30)20-18(33-5)17(25)19(34-20)16-11-12-26-29(16)4/h6-12,15,21,28H,13H2,1-5H3,(H,27,30)(H,31,32). The predicted octanol–water partition coefficient (Wildman–Crippen LogP) is 4.94. The second kappa shape index (κ2) is 10.6. The average molecular weight is 549 g/mol. The van der Waals surface area contributed by atoms with Gasteiger partial charge < -0.3 is 20.5 Å². The Bertz CT molecular complexity index is 1150. The van der Waals surface area contributed by atoms with Gasteiger partial charge in [0.25, 0.3) is 5.91 Å². The Labute approximate surface area is 211 Å². The van der Waals surface area contributed by atoms with Gasteiger partial charge in [-0.05, 0) is 39.4 Å². The van der Waals surface area contributed by atoms with Crippen LogP contribution < -0.4 is 15.4 Å². The molecular formula is C24H29BrN4O4S. The number of benzene rings is 1. The van der Waals surface area contributed by atoms with Crippen molar-refractivity contribution in [1.29, 1.82) is 0 Å². The molecule has 0 spiro atoms. The van der Waals surface area contributed by atoms with Crippen molar-refractivity contribution in [3.8, 4) is 16.3 Å². The zero-order chi connectivity index (χ0) is 25.0. The van der Waals surface area contributed by atoms with Crippen LogP contribution in [0.2, 0.25) is 0 Å². The molecule has 182 valence electrons. The highest BCUT2D eigenvalue weighted by Crippen LogP contribution is 2.45. The first-order chi connectivity index (χ1) is 16.0. The summed E-state index contributed by atoms with van der Waals surface area (Å²) in [5.41, 5.74) is 1.38. The molecule has 3 rings (SSSR count). The van der Waals surface area contributed by atoms with Crippen molar-refractivity contribution < 1.29 is 19.4 Å². The molecule has 2 amide bonds. The number of nitrogens with one attached hydrogen (secondary N) is 2. The maximum absolute atomic E-state index is 13.6. The van der Waals surface area contributed by atoms with Crippen LogP contribution >= 0.6 is 27.3 Å². The van der Waals surface area contributed by atoms with E-state index in [1.54, 1.807) is 10.9 Å². The van der Waals surface area contributed by atoms with Gasteiger partial charge in [0.2, 0.25) is 0 Å². The molecule has 3 aromatic rings. The average Bonchev–Trinajstić information content (AvgIpc) is 3.33. The van der Waals surface area contributed by atoms with Gasteiger partial charge in [-0.3, -0.25) is 9.48 Å². The summed E-state index contributed by atoms with van der Waals surface area (Å²) in [7, 11) is 3.34. The minimum atomic E-state index is -1.14.